The van der Waals surface area contributed by atoms with Crippen LogP contribution in [0.25, 0.3) is 0 Å². The maximum Gasteiger partial charge on any atom is 0.0109 e. The van der Waals surface area contributed by atoms with Crippen molar-refractivity contribution in [2.75, 3.05) is 57.9 Å². The van der Waals surface area contributed by atoms with Crippen LogP contribution in [0.5, 0.6) is 5.75 Å². The largest absolute Gasteiger partial charge is 0.791 e. The van der Waals surface area contributed by atoms with Gasteiger partial charge in [0.1, 0.15) is 5.75 Å². The third kappa shape index (κ3) is 14.1. The quantitative estimate of drug-likeness (QED) is 0.469. The molecule has 0 amide bonds. The van der Waals surface area contributed by atoms with E-state index in [-0.39, 0.29) is 0 Å². The van der Waals surface area contributed by atoms with Gasteiger partial charge in [-0.25, -0.2) is 0 Å². The molecule has 0 aromatic heterocycles. The third-order valence-electron chi connectivity index (χ3n) is 4.32. The summed E-state index contributed by atoms with van der Waals surface area (Å²) in [6.45, 7) is 6.97. The zero-order valence-corrected chi connectivity index (χ0v) is 20.4. The Bertz CT molecular complexity index is 420. The molecule has 27 heavy (non-hydrogen) atoms. The molecule has 0 bridgehead atoms. The number of hydrogen-bond donors (Lipinski definition) is 0. The normalized spacial score (nSPS) is 13.9. The number of piperidine rings is 1. The van der Waals surface area contributed by atoms with E-state index in [1.54, 1.807) is 7.11 Å². The van der Waals surface area contributed by atoms with Gasteiger partial charge in [0.2, 0.25) is 0 Å². The number of nitrogens with zero attached hydrogens (tertiary/aromatic N) is 2. The maximum absolute atomic E-state index is 8.22. The average Bonchev–Trinajstić information content (AvgIpc) is 2.75. The fourth-order valence-electron chi connectivity index (χ4n) is 2.78. The first-order valence-electron chi connectivity index (χ1n) is 9.20. The average molecular weight is 515 g/mol. The molecule has 1 aromatic carbocycles. The smallest absolute Gasteiger partial charge is 0.0109 e. The zero-order chi connectivity index (χ0) is 20.3. The summed E-state index contributed by atoms with van der Waals surface area (Å²) in [4.78, 5) is 4.98. The summed E-state index contributed by atoms with van der Waals surface area (Å²) in [7, 11) is 1.66. The standard InChI is InChI=1S/C11H24N2S2.C8H10OS.O.Tc/c14-10-8-13(9-11-15)7-6-12-4-2-1-3-5-12;1-9-8-4-2-7(6-10)3-5-8;;/h14-15H,1-11H2;2-5,10H,6H2,1H3;;/q;;;+3/p-3/i;;;1+1. The van der Waals surface area contributed by atoms with E-state index in [2.05, 4.69) is 9.80 Å². The molecule has 0 spiro atoms. The van der Waals surface area contributed by atoms with Crippen LogP contribution >= 0.6 is 0 Å². The second-order valence-corrected chi connectivity index (χ2v) is 7.25. The SMILES string of the molecule is COc1ccc(C[S-])cc1.[O]=[99Tc+3].[S-]CCN(CC[S-])CCN1CCCCC1. The van der Waals surface area contributed by atoms with Crippen molar-refractivity contribution in [1.82, 2.24) is 9.80 Å². The Balaban J connectivity index is 0.000000488. The second-order valence-electron chi connectivity index (χ2n) is 6.14. The van der Waals surface area contributed by atoms with Gasteiger partial charge in [-0.05, 0) is 51.2 Å². The van der Waals surface area contributed by atoms with Crippen LogP contribution in [-0.2, 0) is 66.0 Å². The number of benzene rings is 1. The third-order valence-corrected chi connectivity index (χ3v) is 5.02. The van der Waals surface area contributed by atoms with Gasteiger partial charge in [-0.3, -0.25) is 0 Å². The Kier molecular flexibility index (Phi) is 20.1. The molecule has 0 radical (unpaired) electrons. The molecule has 0 aliphatic carbocycles. The zero-order valence-electron chi connectivity index (χ0n) is 16.1. The van der Waals surface area contributed by atoms with E-state index in [0.717, 1.165) is 61.3 Å². The molecule has 1 heterocycles. The molecule has 0 N–H and O–H groups in total. The van der Waals surface area contributed by atoms with Gasteiger partial charge in [0.25, 0.3) is 0 Å². The predicted octanol–water partition coefficient (Wildman–Crippen LogP) is 2.49. The van der Waals surface area contributed by atoms with Crippen LogP contribution in [-0.4, -0.2) is 67.7 Å². The van der Waals surface area contributed by atoms with Crippen molar-refractivity contribution < 1.29 is 27.1 Å². The van der Waals surface area contributed by atoms with Crippen molar-refractivity contribution in [3.05, 3.63) is 29.8 Å². The summed E-state index contributed by atoms with van der Waals surface area (Å²) < 4.78 is 13.2. The Labute approximate surface area is 192 Å². The van der Waals surface area contributed by atoms with E-state index in [9.17, 15) is 0 Å². The molecule has 1 fully saturated rings. The summed E-state index contributed by atoms with van der Waals surface area (Å²) in [6, 6.07) is 7.79. The van der Waals surface area contributed by atoms with Gasteiger partial charge in [0.15, 0.2) is 0 Å². The van der Waals surface area contributed by atoms with E-state index < -0.39 is 0 Å². The summed E-state index contributed by atoms with van der Waals surface area (Å²) in [5, 5.41) is 0. The minimum atomic E-state index is 0.671. The van der Waals surface area contributed by atoms with Crippen LogP contribution in [0.2, 0.25) is 0 Å². The Hall–Kier alpha value is 0.439. The first kappa shape index (κ1) is 27.4. The van der Waals surface area contributed by atoms with Crippen molar-refractivity contribution in [1.29, 1.82) is 0 Å². The van der Waals surface area contributed by atoms with Gasteiger partial charge in [0, 0.05) is 13.1 Å². The van der Waals surface area contributed by atoms with Gasteiger partial charge in [-0.15, -0.1) is 0 Å². The summed E-state index contributed by atoms with van der Waals surface area (Å²) in [6.07, 6.45) is 4.17. The first-order valence-corrected chi connectivity index (χ1v) is 11.7. The molecule has 0 saturated carbocycles. The fourth-order valence-corrected chi connectivity index (χ4v) is 3.49. The summed E-state index contributed by atoms with van der Waals surface area (Å²) >= 11 is 15.8. The van der Waals surface area contributed by atoms with Crippen LogP contribution in [0.3, 0.4) is 0 Å². The van der Waals surface area contributed by atoms with Crippen LogP contribution < -0.4 is 4.74 Å². The second kappa shape index (κ2) is 19.7. The van der Waals surface area contributed by atoms with E-state index in [1.807, 2.05) is 24.3 Å². The summed E-state index contributed by atoms with van der Waals surface area (Å²) in [5.74, 6) is 3.21. The van der Waals surface area contributed by atoms with Crippen molar-refractivity contribution in [3.8, 4) is 5.75 Å². The van der Waals surface area contributed by atoms with Crippen LogP contribution in [0.1, 0.15) is 24.8 Å². The molecule has 1 aliphatic heterocycles. The van der Waals surface area contributed by atoms with E-state index in [1.165, 1.54) is 38.9 Å². The van der Waals surface area contributed by atoms with Gasteiger partial charge in [-0.1, -0.05) is 24.1 Å². The van der Waals surface area contributed by atoms with Gasteiger partial charge in [0.05, 0.1) is 7.11 Å². The number of hydrogen-bond acceptors (Lipinski definition) is 7. The molecule has 154 valence electrons. The van der Waals surface area contributed by atoms with Gasteiger partial charge >= 0.3 is 22.4 Å². The fraction of sp³-hybridized carbons (Fsp3) is 0.684. The monoisotopic (exact) mass is 514 g/mol. The molecule has 1 aromatic rings. The first-order chi connectivity index (χ1) is 13.2. The van der Waals surface area contributed by atoms with Gasteiger partial charge in [-0.2, -0.15) is 17.3 Å². The number of methoxy groups -OCH3 is 1. The number of ether oxygens (including phenoxy) is 1. The van der Waals surface area contributed by atoms with Crippen LogP contribution in [0.15, 0.2) is 24.3 Å². The van der Waals surface area contributed by atoms with E-state index >= 15 is 0 Å². The molecule has 0 unspecified atom stereocenters. The molecular formula is C19H31N2O2S3Tc. The Morgan fingerprint density at radius 3 is 1.96 bits per heavy atom. The van der Waals surface area contributed by atoms with Gasteiger partial charge < -0.3 is 52.4 Å². The number of likely N-dealkylation sites (tertiary alicyclic amines) is 1. The minimum Gasteiger partial charge on any atom is -0.791 e. The number of rotatable bonds is 9. The predicted molar refractivity (Wildman–Crippen MR) is 116 cm³/mol. The van der Waals surface area contributed by atoms with E-state index in [0.29, 0.717) is 5.75 Å². The summed E-state index contributed by atoms with van der Waals surface area (Å²) in [5.41, 5.74) is 1.16. The Morgan fingerprint density at radius 1 is 0.963 bits per heavy atom. The molecule has 1 aliphatic rings. The van der Waals surface area contributed by atoms with Crippen LogP contribution in [0.4, 0.5) is 0 Å². The maximum atomic E-state index is 8.22. The minimum absolute atomic E-state index is 0.671. The van der Waals surface area contributed by atoms with Crippen LogP contribution in [0, 0.1) is 0 Å². The van der Waals surface area contributed by atoms with Crippen molar-refractivity contribution in [2.24, 2.45) is 0 Å². The molecule has 4 nitrogen and oxygen atoms in total. The van der Waals surface area contributed by atoms with Crippen molar-refractivity contribution in [3.63, 3.8) is 0 Å². The molecular weight excluding hydrogens is 483 g/mol. The Morgan fingerprint density at radius 2 is 1.52 bits per heavy atom. The molecule has 8 heteroatoms. The molecule has 1 saturated heterocycles. The molecule has 0 atom stereocenters. The van der Waals surface area contributed by atoms with E-state index in [4.69, 9.17) is 46.1 Å². The van der Waals surface area contributed by atoms with Crippen molar-refractivity contribution >= 4 is 37.9 Å². The van der Waals surface area contributed by atoms with Crippen molar-refractivity contribution in [2.45, 2.75) is 25.0 Å². The topological polar surface area (TPSA) is 32.8 Å². The molecule has 2 rings (SSSR count).